The average Bonchev–Trinajstić information content (AvgIpc) is 2.99. The predicted molar refractivity (Wildman–Crippen MR) is 77.2 cm³/mol. The molecule has 6 nitrogen and oxygen atoms in total. The summed E-state index contributed by atoms with van der Waals surface area (Å²) in [5.41, 5.74) is 2.33. The second kappa shape index (κ2) is 6.69. The van der Waals surface area contributed by atoms with Crippen LogP contribution in [0.5, 0.6) is 0 Å². The van der Waals surface area contributed by atoms with E-state index in [1.54, 1.807) is 0 Å². The molecule has 1 N–H and O–H groups in total. The fraction of sp³-hybridized carbons (Fsp3) is 0.467. The highest BCUT2D eigenvalue weighted by Crippen LogP contribution is 2.17. The summed E-state index contributed by atoms with van der Waals surface area (Å²) in [5, 5.41) is 7.28. The molecular weight excluding hydrogens is 270 g/mol. The third kappa shape index (κ3) is 3.80. The molecule has 2 aromatic rings. The van der Waals surface area contributed by atoms with Gasteiger partial charge in [0, 0.05) is 18.7 Å². The van der Waals surface area contributed by atoms with Crippen molar-refractivity contribution in [3.05, 3.63) is 41.5 Å². The molecule has 2 heterocycles. The van der Waals surface area contributed by atoms with Gasteiger partial charge in [0.15, 0.2) is 0 Å². The molecule has 112 valence electrons. The summed E-state index contributed by atoms with van der Waals surface area (Å²) in [7, 11) is 0. The summed E-state index contributed by atoms with van der Waals surface area (Å²) in [6.45, 7) is 4.50. The van der Waals surface area contributed by atoms with E-state index in [0.717, 1.165) is 12.2 Å². The Hall–Kier alpha value is -1.92. The molecule has 1 atom stereocenters. The number of ether oxygens (including phenoxy) is 2. The standard InChI is InChI=1S/C15H19N3O3/c1-11-2-4-12(5-3-11)16-7-6-14-17-15(18-21-14)13-10-19-8-9-20-13/h2-5,13,16H,6-10H2,1H3. The van der Waals surface area contributed by atoms with Crippen LogP contribution in [-0.2, 0) is 15.9 Å². The summed E-state index contributed by atoms with van der Waals surface area (Å²) >= 11 is 0. The number of aryl methyl sites for hydroxylation is 1. The molecule has 1 aliphatic heterocycles. The van der Waals surface area contributed by atoms with Crippen molar-refractivity contribution in [2.45, 2.75) is 19.4 Å². The van der Waals surface area contributed by atoms with Crippen molar-refractivity contribution >= 4 is 5.69 Å². The fourth-order valence-electron chi connectivity index (χ4n) is 2.12. The molecule has 0 bridgehead atoms. The Bertz CT molecular complexity index is 562. The number of aromatic nitrogens is 2. The van der Waals surface area contributed by atoms with Crippen LogP contribution in [0.2, 0.25) is 0 Å². The summed E-state index contributed by atoms with van der Waals surface area (Å²) in [4.78, 5) is 4.36. The predicted octanol–water partition coefficient (Wildman–Crippen LogP) is 2.12. The van der Waals surface area contributed by atoms with Gasteiger partial charge >= 0.3 is 0 Å². The van der Waals surface area contributed by atoms with Gasteiger partial charge in [0.2, 0.25) is 11.7 Å². The Morgan fingerprint density at radius 1 is 1.24 bits per heavy atom. The average molecular weight is 289 g/mol. The molecular formula is C15H19N3O3. The van der Waals surface area contributed by atoms with Crippen LogP contribution < -0.4 is 5.32 Å². The highest BCUT2D eigenvalue weighted by atomic mass is 16.6. The normalized spacial score (nSPS) is 18.6. The monoisotopic (exact) mass is 289 g/mol. The maximum atomic E-state index is 5.54. The first-order valence-electron chi connectivity index (χ1n) is 7.13. The number of rotatable bonds is 5. The van der Waals surface area contributed by atoms with Crippen LogP contribution in [0.3, 0.4) is 0 Å². The van der Waals surface area contributed by atoms with Gasteiger partial charge in [0.05, 0.1) is 19.8 Å². The SMILES string of the molecule is Cc1ccc(NCCc2nc(C3COCCO3)no2)cc1. The lowest BCUT2D eigenvalue weighted by molar-refractivity contribution is -0.0941. The van der Waals surface area contributed by atoms with Crippen LogP contribution in [0.15, 0.2) is 28.8 Å². The minimum absolute atomic E-state index is 0.207. The Labute approximate surface area is 123 Å². The van der Waals surface area contributed by atoms with Crippen molar-refractivity contribution in [2.24, 2.45) is 0 Å². The van der Waals surface area contributed by atoms with Crippen molar-refractivity contribution in [2.75, 3.05) is 31.7 Å². The van der Waals surface area contributed by atoms with Crippen LogP contribution in [-0.4, -0.2) is 36.5 Å². The van der Waals surface area contributed by atoms with Crippen molar-refractivity contribution < 1.29 is 14.0 Å². The topological polar surface area (TPSA) is 69.4 Å². The van der Waals surface area contributed by atoms with E-state index >= 15 is 0 Å². The van der Waals surface area contributed by atoms with E-state index in [0.29, 0.717) is 38.0 Å². The first-order chi connectivity index (χ1) is 10.3. The minimum atomic E-state index is -0.207. The number of hydrogen-bond donors (Lipinski definition) is 1. The minimum Gasteiger partial charge on any atom is -0.385 e. The summed E-state index contributed by atoms with van der Waals surface area (Å²) in [5.74, 6) is 1.18. The first kappa shape index (κ1) is 14.0. The second-order valence-electron chi connectivity index (χ2n) is 5.02. The molecule has 6 heteroatoms. The van der Waals surface area contributed by atoms with Crippen molar-refractivity contribution in [1.82, 2.24) is 10.1 Å². The van der Waals surface area contributed by atoms with Crippen LogP contribution in [0, 0.1) is 6.92 Å². The van der Waals surface area contributed by atoms with Gasteiger partial charge in [0.25, 0.3) is 0 Å². The molecule has 0 amide bonds. The van der Waals surface area contributed by atoms with Gasteiger partial charge in [-0.25, -0.2) is 0 Å². The zero-order valence-electron chi connectivity index (χ0n) is 12.0. The largest absolute Gasteiger partial charge is 0.385 e. The zero-order chi connectivity index (χ0) is 14.5. The van der Waals surface area contributed by atoms with Crippen molar-refractivity contribution in [1.29, 1.82) is 0 Å². The third-order valence-corrected chi connectivity index (χ3v) is 3.31. The van der Waals surface area contributed by atoms with Gasteiger partial charge < -0.3 is 19.3 Å². The lowest BCUT2D eigenvalue weighted by Gasteiger charge is -2.19. The van der Waals surface area contributed by atoms with Gasteiger partial charge in [-0.2, -0.15) is 4.98 Å². The number of anilines is 1. The lowest BCUT2D eigenvalue weighted by Crippen LogP contribution is -2.22. The van der Waals surface area contributed by atoms with Gasteiger partial charge in [-0.05, 0) is 19.1 Å². The summed E-state index contributed by atoms with van der Waals surface area (Å²) < 4.78 is 16.1. The Kier molecular flexibility index (Phi) is 4.47. The first-order valence-corrected chi connectivity index (χ1v) is 7.13. The number of benzene rings is 1. The smallest absolute Gasteiger partial charge is 0.228 e. The molecule has 3 rings (SSSR count). The van der Waals surface area contributed by atoms with Crippen molar-refractivity contribution in [3.8, 4) is 0 Å². The maximum Gasteiger partial charge on any atom is 0.228 e. The second-order valence-corrected chi connectivity index (χ2v) is 5.02. The highest BCUT2D eigenvalue weighted by molar-refractivity contribution is 5.44. The fourth-order valence-corrected chi connectivity index (χ4v) is 2.12. The third-order valence-electron chi connectivity index (χ3n) is 3.31. The Balaban J connectivity index is 1.49. The zero-order valence-corrected chi connectivity index (χ0v) is 12.0. The van der Waals surface area contributed by atoms with E-state index in [1.807, 2.05) is 0 Å². The summed E-state index contributed by atoms with van der Waals surface area (Å²) in [6, 6.07) is 8.27. The van der Waals surface area contributed by atoms with Crippen LogP contribution in [0.4, 0.5) is 5.69 Å². The van der Waals surface area contributed by atoms with Gasteiger partial charge in [0.1, 0.15) is 6.10 Å². The molecule has 0 aliphatic carbocycles. The van der Waals surface area contributed by atoms with E-state index in [4.69, 9.17) is 14.0 Å². The highest BCUT2D eigenvalue weighted by Gasteiger charge is 2.22. The molecule has 1 aliphatic rings. The summed E-state index contributed by atoms with van der Waals surface area (Å²) in [6.07, 6.45) is 0.468. The number of nitrogens with zero attached hydrogens (tertiary/aromatic N) is 2. The van der Waals surface area contributed by atoms with E-state index in [2.05, 4.69) is 46.6 Å². The van der Waals surface area contributed by atoms with E-state index in [9.17, 15) is 0 Å². The van der Waals surface area contributed by atoms with Crippen LogP contribution in [0.25, 0.3) is 0 Å². The molecule has 1 saturated heterocycles. The van der Waals surface area contributed by atoms with E-state index in [1.165, 1.54) is 5.56 Å². The number of hydrogen-bond acceptors (Lipinski definition) is 6. The van der Waals surface area contributed by atoms with Crippen LogP contribution >= 0.6 is 0 Å². The van der Waals surface area contributed by atoms with Crippen LogP contribution in [0.1, 0.15) is 23.4 Å². The Morgan fingerprint density at radius 2 is 2.10 bits per heavy atom. The Morgan fingerprint density at radius 3 is 2.86 bits per heavy atom. The molecule has 21 heavy (non-hydrogen) atoms. The lowest BCUT2D eigenvalue weighted by atomic mass is 10.2. The van der Waals surface area contributed by atoms with Gasteiger partial charge in [-0.15, -0.1) is 0 Å². The molecule has 0 saturated carbocycles. The maximum absolute atomic E-state index is 5.54. The van der Waals surface area contributed by atoms with E-state index in [-0.39, 0.29) is 6.10 Å². The van der Waals surface area contributed by atoms with Gasteiger partial charge in [-0.3, -0.25) is 0 Å². The van der Waals surface area contributed by atoms with Gasteiger partial charge in [-0.1, -0.05) is 22.9 Å². The number of nitrogens with one attached hydrogen (secondary N) is 1. The molecule has 0 spiro atoms. The molecule has 1 aromatic carbocycles. The van der Waals surface area contributed by atoms with Crippen molar-refractivity contribution in [3.63, 3.8) is 0 Å². The molecule has 1 unspecified atom stereocenters. The quantitative estimate of drug-likeness (QED) is 0.909. The molecule has 1 aromatic heterocycles. The van der Waals surface area contributed by atoms with E-state index < -0.39 is 0 Å². The molecule has 1 fully saturated rings. The molecule has 0 radical (unpaired) electrons.